The number of furan rings is 1. The smallest absolute Gasteiger partial charge is 0.257 e. The van der Waals surface area contributed by atoms with Gasteiger partial charge in [0.2, 0.25) is 0 Å². The fourth-order valence-corrected chi connectivity index (χ4v) is 3.80. The van der Waals surface area contributed by atoms with E-state index in [1.807, 2.05) is 11.8 Å². The molecule has 1 aromatic rings. The third kappa shape index (κ3) is 3.21. The molecule has 2 atom stereocenters. The maximum Gasteiger partial charge on any atom is 0.257 e. The van der Waals surface area contributed by atoms with Gasteiger partial charge in [0.1, 0.15) is 5.76 Å². The highest BCUT2D eigenvalue weighted by Gasteiger charge is 2.47. The van der Waals surface area contributed by atoms with Crippen LogP contribution in [0.5, 0.6) is 0 Å². The van der Waals surface area contributed by atoms with Crippen molar-refractivity contribution in [2.24, 2.45) is 5.41 Å². The molecule has 2 aliphatic rings. The number of aryl methyl sites for hydroxylation is 1. The van der Waals surface area contributed by atoms with Crippen molar-refractivity contribution in [2.75, 3.05) is 32.9 Å². The van der Waals surface area contributed by atoms with Gasteiger partial charge in [-0.05, 0) is 32.3 Å². The van der Waals surface area contributed by atoms with Gasteiger partial charge in [-0.25, -0.2) is 0 Å². The van der Waals surface area contributed by atoms with Gasteiger partial charge in [-0.2, -0.15) is 0 Å². The third-order valence-corrected chi connectivity index (χ3v) is 4.99. The zero-order chi connectivity index (χ0) is 16.3. The molecule has 5 heteroatoms. The lowest BCUT2D eigenvalue weighted by Crippen LogP contribution is -2.58. The van der Waals surface area contributed by atoms with Gasteiger partial charge in [0.25, 0.3) is 5.91 Å². The van der Waals surface area contributed by atoms with Crippen LogP contribution in [0.3, 0.4) is 0 Å². The number of carbonyl (C=O) groups is 1. The number of amides is 1. The SMILES string of the molecule is C=CCOC[C@@]12CCCO[C@H]1CCN(C(=O)c1ccoc1C)C2. The molecule has 0 aliphatic carbocycles. The van der Waals surface area contributed by atoms with E-state index in [1.54, 1.807) is 18.4 Å². The Kier molecular flexibility index (Phi) is 4.87. The van der Waals surface area contributed by atoms with E-state index in [9.17, 15) is 4.79 Å². The van der Waals surface area contributed by atoms with E-state index in [-0.39, 0.29) is 17.4 Å². The van der Waals surface area contributed by atoms with Crippen molar-refractivity contribution < 1.29 is 18.7 Å². The van der Waals surface area contributed by atoms with Crippen LogP contribution >= 0.6 is 0 Å². The van der Waals surface area contributed by atoms with E-state index < -0.39 is 0 Å². The maximum atomic E-state index is 12.8. The first-order chi connectivity index (χ1) is 11.2. The van der Waals surface area contributed by atoms with Crippen LogP contribution in [0.15, 0.2) is 29.4 Å². The summed E-state index contributed by atoms with van der Waals surface area (Å²) in [7, 11) is 0. The maximum absolute atomic E-state index is 12.8. The lowest BCUT2D eigenvalue weighted by Gasteiger charge is -2.50. The number of piperidine rings is 1. The monoisotopic (exact) mass is 319 g/mol. The molecule has 126 valence electrons. The number of nitrogens with zero attached hydrogens (tertiary/aromatic N) is 1. The Morgan fingerprint density at radius 2 is 2.48 bits per heavy atom. The second kappa shape index (κ2) is 6.89. The highest BCUT2D eigenvalue weighted by Crippen LogP contribution is 2.41. The summed E-state index contributed by atoms with van der Waals surface area (Å²) in [5, 5.41) is 0. The molecule has 0 bridgehead atoms. The Morgan fingerprint density at radius 1 is 1.61 bits per heavy atom. The molecule has 23 heavy (non-hydrogen) atoms. The van der Waals surface area contributed by atoms with Crippen LogP contribution in [0.1, 0.15) is 35.4 Å². The lowest BCUT2D eigenvalue weighted by molar-refractivity contribution is -0.144. The average molecular weight is 319 g/mol. The van der Waals surface area contributed by atoms with Crippen molar-refractivity contribution in [2.45, 2.75) is 32.3 Å². The fraction of sp³-hybridized carbons (Fsp3) is 0.611. The van der Waals surface area contributed by atoms with Gasteiger partial charge >= 0.3 is 0 Å². The Bertz CT molecular complexity index is 567. The Labute approximate surface area is 137 Å². The molecule has 1 amide bonds. The van der Waals surface area contributed by atoms with Crippen LogP contribution in [0.2, 0.25) is 0 Å². The van der Waals surface area contributed by atoms with E-state index in [0.29, 0.717) is 31.1 Å². The Balaban J connectivity index is 1.76. The number of rotatable bonds is 5. The van der Waals surface area contributed by atoms with Gasteiger partial charge in [-0.15, -0.1) is 6.58 Å². The predicted octanol–water partition coefficient (Wildman–Crippen LogP) is 2.80. The number of carbonyl (C=O) groups excluding carboxylic acids is 1. The van der Waals surface area contributed by atoms with Crippen molar-refractivity contribution in [3.8, 4) is 0 Å². The normalized spacial score (nSPS) is 27.5. The van der Waals surface area contributed by atoms with Crippen LogP contribution < -0.4 is 0 Å². The number of ether oxygens (including phenoxy) is 2. The zero-order valence-corrected chi connectivity index (χ0v) is 13.8. The van der Waals surface area contributed by atoms with E-state index in [1.165, 1.54) is 0 Å². The van der Waals surface area contributed by atoms with E-state index in [4.69, 9.17) is 13.9 Å². The topological polar surface area (TPSA) is 51.9 Å². The van der Waals surface area contributed by atoms with Crippen molar-refractivity contribution in [1.29, 1.82) is 0 Å². The second-order valence-corrected chi connectivity index (χ2v) is 6.54. The summed E-state index contributed by atoms with van der Waals surface area (Å²) in [5.74, 6) is 0.720. The first kappa shape index (κ1) is 16.3. The number of likely N-dealkylation sites (tertiary alicyclic amines) is 1. The van der Waals surface area contributed by atoms with Crippen LogP contribution in [0, 0.1) is 12.3 Å². The zero-order valence-electron chi connectivity index (χ0n) is 13.8. The summed E-state index contributed by atoms with van der Waals surface area (Å²) in [6.45, 7) is 8.87. The predicted molar refractivity (Wildman–Crippen MR) is 86.4 cm³/mol. The Hall–Kier alpha value is -1.59. The van der Waals surface area contributed by atoms with Crippen LogP contribution in [-0.4, -0.2) is 49.8 Å². The van der Waals surface area contributed by atoms with Crippen molar-refractivity contribution in [3.63, 3.8) is 0 Å². The summed E-state index contributed by atoms with van der Waals surface area (Å²) in [5.41, 5.74) is 0.551. The molecule has 2 fully saturated rings. The molecule has 2 saturated heterocycles. The van der Waals surface area contributed by atoms with Crippen LogP contribution in [-0.2, 0) is 9.47 Å². The molecular formula is C18H25NO4. The van der Waals surface area contributed by atoms with Crippen molar-refractivity contribution in [1.82, 2.24) is 4.90 Å². The summed E-state index contributed by atoms with van der Waals surface area (Å²) >= 11 is 0. The average Bonchev–Trinajstić information content (AvgIpc) is 3.00. The largest absolute Gasteiger partial charge is 0.469 e. The molecule has 5 nitrogen and oxygen atoms in total. The second-order valence-electron chi connectivity index (χ2n) is 6.54. The van der Waals surface area contributed by atoms with Gasteiger partial charge in [0, 0.05) is 25.1 Å². The lowest BCUT2D eigenvalue weighted by atomic mass is 9.73. The molecule has 0 N–H and O–H groups in total. The minimum Gasteiger partial charge on any atom is -0.469 e. The molecule has 0 aromatic carbocycles. The number of hydrogen-bond acceptors (Lipinski definition) is 4. The molecular weight excluding hydrogens is 294 g/mol. The molecule has 2 aliphatic heterocycles. The number of fused-ring (bicyclic) bond motifs is 1. The Morgan fingerprint density at radius 3 is 3.22 bits per heavy atom. The van der Waals surface area contributed by atoms with E-state index >= 15 is 0 Å². The van der Waals surface area contributed by atoms with Crippen molar-refractivity contribution >= 4 is 5.91 Å². The first-order valence-corrected chi connectivity index (χ1v) is 8.30. The van der Waals surface area contributed by atoms with E-state index in [0.717, 1.165) is 32.4 Å². The quantitative estimate of drug-likeness (QED) is 0.618. The van der Waals surface area contributed by atoms with Gasteiger partial charge in [0.15, 0.2) is 0 Å². The van der Waals surface area contributed by atoms with Gasteiger partial charge in [-0.3, -0.25) is 4.79 Å². The third-order valence-electron chi connectivity index (χ3n) is 4.99. The minimum absolute atomic E-state index is 0.0448. The van der Waals surface area contributed by atoms with Crippen LogP contribution in [0.25, 0.3) is 0 Å². The number of hydrogen-bond donors (Lipinski definition) is 0. The standard InChI is InChI=1S/C18H25NO4/c1-3-9-21-13-18-7-4-10-23-16(18)5-8-19(12-18)17(20)15-6-11-22-14(15)2/h3,6,11,16H,1,4-5,7-10,12-13H2,2H3/t16-,18-/m0/s1. The molecule has 0 spiro atoms. The summed E-state index contributed by atoms with van der Waals surface area (Å²) < 4.78 is 17.0. The van der Waals surface area contributed by atoms with E-state index in [2.05, 4.69) is 6.58 Å². The molecule has 0 unspecified atom stereocenters. The molecule has 0 saturated carbocycles. The summed E-state index contributed by atoms with van der Waals surface area (Å²) in [4.78, 5) is 14.7. The minimum atomic E-state index is -0.104. The summed E-state index contributed by atoms with van der Waals surface area (Å²) in [6.07, 6.45) is 6.41. The molecule has 3 heterocycles. The van der Waals surface area contributed by atoms with Crippen molar-refractivity contribution in [3.05, 3.63) is 36.3 Å². The highest BCUT2D eigenvalue weighted by molar-refractivity contribution is 5.95. The van der Waals surface area contributed by atoms with Gasteiger partial charge < -0.3 is 18.8 Å². The fourth-order valence-electron chi connectivity index (χ4n) is 3.80. The molecule has 1 aromatic heterocycles. The van der Waals surface area contributed by atoms with Gasteiger partial charge in [0.05, 0.1) is 31.1 Å². The molecule has 3 rings (SSSR count). The highest BCUT2D eigenvalue weighted by atomic mass is 16.5. The van der Waals surface area contributed by atoms with Gasteiger partial charge in [-0.1, -0.05) is 6.08 Å². The molecule has 0 radical (unpaired) electrons. The summed E-state index contributed by atoms with van der Waals surface area (Å²) in [6, 6.07) is 1.75. The first-order valence-electron chi connectivity index (χ1n) is 8.30. The van der Waals surface area contributed by atoms with Crippen LogP contribution in [0.4, 0.5) is 0 Å².